The van der Waals surface area contributed by atoms with Crippen molar-refractivity contribution >= 4 is 27.7 Å². The van der Waals surface area contributed by atoms with Crippen LogP contribution in [0.4, 0.5) is 0 Å². The summed E-state index contributed by atoms with van der Waals surface area (Å²) in [5.41, 5.74) is 0.322. The minimum absolute atomic E-state index is 0.0240. The average Bonchev–Trinajstić information content (AvgIpc) is 3.39. The number of halogens is 1. The average molecular weight is 728 g/mol. The van der Waals surface area contributed by atoms with Crippen molar-refractivity contribution in [3.8, 4) is 0 Å². The normalized spacial score (nSPS) is 42.5. The number of alkyl halides is 1. The standard InChI is InChI=1S/C36H63BrN4O6/c1-20-28-16-25(36(28,3)4)17-29(20)39-35(45)32-31(21(2)43)30(19-42)47-41(32)18-22-9-8-10-27(33(22)46-7)23-13-24(15-26(37)14-23)34(44)38-11-12-40(5)6/h20-33,42-43H,8-19H2,1-7H3,(H,38,44)(H,39,45)/t20-,21-,22?,23?,24?,25+,26?,27?,28-,29-,30-,31+,32-,33?/m0/s1. The molecule has 1 aliphatic heterocycles. The number of likely N-dealkylation sites (N-methyl/N-ethyl adjacent to an activating group) is 1. The van der Waals surface area contributed by atoms with Crippen molar-refractivity contribution in [2.45, 2.75) is 114 Å². The van der Waals surface area contributed by atoms with Crippen molar-refractivity contribution in [1.29, 1.82) is 0 Å². The minimum Gasteiger partial charge on any atom is -0.394 e. The van der Waals surface area contributed by atoms with E-state index >= 15 is 0 Å². The van der Waals surface area contributed by atoms with Gasteiger partial charge in [-0.05, 0) is 101 Å². The van der Waals surface area contributed by atoms with Crippen molar-refractivity contribution in [2.24, 2.45) is 52.8 Å². The molecule has 270 valence electrons. The highest BCUT2D eigenvalue weighted by Crippen LogP contribution is 2.61. The fourth-order valence-corrected chi connectivity index (χ4v) is 11.4. The summed E-state index contributed by atoms with van der Waals surface area (Å²) in [5.74, 6) is 1.85. The molecule has 2 amide bonds. The van der Waals surface area contributed by atoms with Crippen LogP contribution >= 0.6 is 15.9 Å². The van der Waals surface area contributed by atoms with Crippen molar-refractivity contribution in [1.82, 2.24) is 20.6 Å². The molecular formula is C36H63BrN4O6. The number of aliphatic hydroxyl groups excluding tert-OH is 2. The molecule has 47 heavy (non-hydrogen) atoms. The van der Waals surface area contributed by atoms with E-state index in [0.717, 1.165) is 51.5 Å². The van der Waals surface area contributed by atoms with Crippen LogP contribution in [0.1, 0.15) is 79.1 Å². The molecule has 0 spiro atoms. The quantitative estimate of drug-likeness (QED) is 0.226. The lowest BCUT2D eigenvalue weighted by Gasteiger charge is -2.62. The highest BCUT2D eigenvalue weighted by atomic mass is 79.9. The Morgan fingerprint density at radius 1 is 1.13 bits per heavy atom. The Kier molecular flexibility index (Phi) is 12.4. The first-order valence-electron chi connectivity index (χ1n) is 18.4. The summed E-state index contributed by atoms with van der Waals surface area (Å²) in [7, 11) is 5.81. The molecule has 6 fully saturated rings. The number of carbonyl (C=O) groups is 2. The molecule has 5 aliphatic carbocycles. The van der Waals surface area contributed by atoms with Crippen LogP contribution in [0.5, 0.6) is 0 Å². The van der Waals surface area contributed by atoms with Crippen LogP contribution in [0.15, 0.2) is 0 Å². The monoisotopic (exact) mass is 726 g/mol. The SMILES string of the molecule is COC1C(CN2O[C@@H](CO)[C@@H]([C@H](C)O)[C@H]2C(=O)N[C@H]2C[C@H]3C[C@@H]([C@@H]2C)C3(C)C)CCCC1C1CC(Br)CC(C(=O)NCCN(C)C)C1. The number of hydrogen-bond donors (Lipinski definition) is 4. The third kappa shape index (κ3) is 7.91. The summed E-state index contributed by atoms with van der Waals surface area (Å²) in [6, 6.07) is -0.591. The van der Waals surface area contributed by atoms with Crippen LogP contribution in [0.25, 0.3) is 0 Å². The van der Waals surface area contributed by atoms with Gasteiger partial charge in [0.2, 0.25) is 11.8 Å². The lowest BCUT2D eigenvalue weighted by molar-refractivity contribution is -0.193. The maximum atomic E-state index is 14.2. The first-order chi connectivity index (χ1) is 22.3. The highest BCUT2D eigenvalue weighted by Gasteiger charge is 2.58. The van der Waals surface area contributed by atoms with E-state index < -0.39 is 24.2 Å². The minimum atomic E-state index is -0.819. The Hall–Kier alpha value is -0.820. The fourth-order valence-electron chi connectivity index (χ4n) is 10.5. The van der Waals surface area contributed by atoms with Gasteiger partial charge in [0.15, 0.2) is 0 Å². The Labute approximate surface area is 291 Å². The van der Waals surface area contributed by atoms with E-state index in [1.807, 2.05) is 14.1 Å². The number of aliphatic hydroxyl groups is 2. The zero-order chi connectivity index (χ0) is 34.2. The third-order valence-electron chi connectivity index (χ3n) is 13.3. The van der Waals surface area contributed by atoms with Crippen LogP contribution in [0, 0.1) is 52.8 Å². The van der Waals surface area contributed by atoms with E-state index in [1.165, 1.54) is 6.42 Å². The number of carbonyl (C=O) groups excluding carboxylic acids is 2. The lowest BCUT2D eigenvalue weighted by Crippen LogP contribution is -2.62. The Morgan fingerprint density at radius 2 is 1.87 bits per heavy atom. The summed E-state index contributed by atoms with van der Waals surface area (Å²) in [6.07, 6.45) is 6.46. The molecule has 4 N–H and O–H groups in total. The van der Waals surface area contributed by atoms with Gasteiger partial charge < -0.3 is 30.5 Å². The topological polar surface area (TPSA) is 124 Å². The van der Waals surface area contributed by atoms with E-state index in [0.29, 0.717) is 48.1 Å². The lowest BCUT2D eigenvalue weighted by atomic mass is 9.45. The van der Waals surface area contributed by atoms with Gasteiger partial charge in [-0.3, -0.25) is 14.4 Å². The first-order valence-corrected chi connectivity index (χ1v) is 19.3. The van der Waals surface area contributed by atoms with Gasteiger partial charge in [-0.15, -0.1) is 0 Å². The molecule has 6 rings (SSSR count). The van der Waals surface area contributed by atoms with E-state index in [1.54, 1.807) is 19.1 Å². The van der Waals surface area contributed by atoms with E-state index in [-0.39, 0.29) is 47.2 Å². The van der Waals surface area contributed by atoms with Gasteiger partial charge in [0.25, 0.3) is 0 Å². The second-order valence-corrected chi connectivity index (χ2v) is 18.0. The number of amides is 2. The second-order valence-electron chi connectivity index (χ2n) is 16.7. The highest BCUT2D eigenvalue weighted by molar-refractivity contribution is 9.09. The van der Waals surface area contributed by atoms with Crippen LogP contribution in [-0.4, -0.2) is 115 Å². The van der Waals surface area contributed by atoms with Gasteiger partial charge in [-0.2, -0.15) is 5.06 Å². The Balaban J connectivity index is 1.28. The molecule has 0 aromatic rings. The van der Waals surface area contributed by atoms with Crippen molar-refractivity contribution in [2.75, 3.05) is 47.4 Å². The Morgan fingerprint density at radius 3 is 2.49 bits per heavy atom. The number of hydrogen-bond acceptors (Lipinski definition) is 8. The predicted octanol–water partition coefficient (Wildman–Crippen LogP) is 3.44. The molecule has 2 bridgehead atoms. The second kappa shape index (κ2) is 15.6. The number of fused-ring (bicyclic) bond motifs is 2. The van der Waals surface area contributed by atoms with E-state index in [9.17, 15) is 19.8 Å². The summed E-state index contributed by atoms with van der Waals surface area (Å²) < 4.78 is 6.29. The Bertz CT molecular complexity index is 1080. The first kappa shape index (κ1) is 37.4. The number of hydroxylamine groups is 2. The maximum absolute atomic E-state index is 14.2. The summed E-state index contributed by atoms with van der Waals surface area (Å²) in [5, 5.41) is 29.5. The molecule has 0 radical (unpaired) electrons. The van der Waals surface area contributed by atoms with Crippen LogP contribution in [0.2, 0.25) is 0 Å². The van der Waals surface area contributed by atoms with Gasteiger partial charge in [0.05, 0.1) is 18.8 Å². The summed E-state index contributed by atoms with van der Waals surface area (Å²) in [6.45, 7) is 10.4. The number of methoxy groups -OCH3 is 1. The number of nitrogens with one attached hydrogen (secondary N) is 2. The maximum Gasteiger partial charge on any atom is 0.240 e. The van der Waals surface area contributed by atoms with Crippen LogP contribution in [0.3, 0.4) is 0 Å². The zero-order valence-corrected chi connectivity index (χ0v) is 31.5. The molecule has 14 atom stereocenters. The van der Waals surface area contributed by atoms with Gasteiger partial charge >= 0.3 is 0 Å². The van der Waals surface area contributed by atoms with Crippen molar-refractivity contribution in [3.63, 3.8) is 0 Å². The number of rotatable bonds is 12. The van der Waals surface area contributed by atoms with Crippen molar-refractivity contribution in [3.05, 3.63) is 0 Å². The van der Waals surface area contributed by atoms with Crippen LogP contribution < -0.4 is 10.6 Å². The molecule has 5 saturated carbocycles. The summed E-state index contributed by atoms with van der Waals surface area (Å²) >= 11 is 3.89. The number of nitrogens with zero attached hydrogens (tertiary/aromatic N) is 2. The van der Waals surface area contributed by atoms with Gasteiger partial charge in [0, 0.05) is 55.4 Å². The summed E-state index contributed by atoms with van der Waals surface area (Å²) in [4.78, 5) is 36.1. The molecule has 10 nitrogen and oxygen atoms in total. The van der Waals surface area contributed by atoms with Gasteiger partial charge in [-0.25, -0.2) is 0 Å². The predicted molar refractivity (Wildman–Crippen MR) is 185 cm³/mol. The van der Waals surface area contributed by atoms with E-state index in [4.69, 9.17) is 9.57 Å². The molecular weight excluding hydrogens is 664 g/mol. The van der Waals surface area contributed by atoms with E-state index in [2.05, 4.69) is 52.2 Å². The smallest absolute Gasteiger partial charge is 0.240 e. The molecule has 1 heterocycles. The molecule has 1 saturated heterocycles. The van der Waals surface area contributed by atoms with Gasteiger partial charge in [0.1, 0.15) is 12.1 Å². The molecule has 11 heteroatoms. The van der Waals surface area contributed by atoms with Gasteiger partial charge in [-0.1, -0.05) is 43.1 Å². The van der Waals surface area contributed by atoms with Crippen LogP contribution in [-0.2, 0) is 19.2 Å². The molecule has 6 unspecified atom stereocenters. The number of ether oxygens (including phenoxy) is 1. The largest absolute Gasteiger partial charge is 0.394 e. The third-order valence-corrected chi connectivity index (χ3v) is 14.0. The fraction of sp³-hybridized carbons (Fsp3) is 0.944. The van der Waals surface area contributed by atoms with Crippen molar-refractivity contribution < 1.29 is 29.4 Å². The molecule has 0 aromatic heterocycles. The zero-order valence-electron chi connectivity index (χ0n) is 29.9. The molecule has 6 aliphatic rings. The molecule has 0 aromatic carbocycles.